The van der Waals surface area contributed by atoms with E-state index in [1.165, 1.54) is 18.2 Å². The molecule has 1 rings (SSSR count). The first-order valence-corrected chi connectivity index (χ1v) is 5.80. The Kier molecular flexibility index (Phi) is 5.25. The van der Waals surface area contributed by atoms with Gasteiger partial charge in [0.15, 0.2) is 0 Å². The summed E-state index contributed by atoms with van der Waals surface area (Å²) in [4.78, 5) is 11.7. The zero-order chi connectivity index (χ0) is 12.8. The Morgan fingerprint density at radius 1 is 1.53 bits per heavy atom. The summed E-state index contributed by atoms with van der Waals surface area (Å²) >= 11 is 5.71. The van der Waals surface area contributed by atoms with Gasteiger partial charge in [0.1, 0.15) is 5.75 Å². The van der Waals surface area contributed by atoms with Gasteiger partial charge in [-0.15, -0.1) is 0 Å². The van der Waals surface area contributed by atoms with Crippen LogP contribution in [-0.4, -0.2) is 29.3 Å². The zero-order valence-electron chi connectivity index (χ0n) is 9.61. The summed E-state index contributed by atoms with van der Waals surface area (Å²) in [6.45, 7) is 2.56. The van der Waals surface area contributed by atoms with E-state index in [9.17, 15) is 9.90 Å². The van der Waals surface area contributed by atoms with E-state index in [-0.39, 0.29) is 29.2 Å². The predicted molar refractivity (Wildman–Crippen MR) is 66.3 cm³/mol. The number of carbonyl (C=O) groups is 1. The van der Waals surface area contributed by atoms with Crippen LogP contribution >= 0.6 is 11.6 Å². The number of nitrogens with one attached hydrogen (secondary N) is 1. The maximum atomic E-state index is 11.7. The van der Waals surface area contributed by atoms with Crippen LogP contribution in [0, 0.1) is 5.92 Å². The highest BCUT2D eigenvalue weighted by Gasteiger charge is 2.09. The molecule has 5 heteroatoms. The molecule has 1 aromatic rings. The van der Waals surface area contributed by atoms with Crippen LogP contribution in [0.25, 0.3) is 0 Å². The van der Waals surface area contributed by atoms with Crippen LogP contribution in [0.5, 0.6) is 5.75 Å². The Bertz CT molecular complexity index is 395. The van der Waals surface area contributed by atoms with Crippen molar-refractivity contribution in [2.24, 2.45) is 5.92 Å². The number of benzene rings is 1. The topological polar surface area (TPSA) is 69.6 Å². The van der Waals surface area contributed by atoms with Crippen LogP contribution in [-0.2, 0) is 0 Å². The molecule has 0 spiro atoms. The van der Waals surface area contributed by atoms with Gasteiger partial charge in [-0.2, -0.15) is 0 Å². The molecule has 1 aromatic carbocycles. The minimum atomic E-state index is -0.239. The second kappa shape index (κ2) is 6.47. The number of carbonyl (C=O) groups excluding carboxylic acids is 1. The number of aromatic hydroxyl groups is 1. The van der Waals surface area contributed by atoms with Gasteiger partial charge in [0, 0.05) is 18.7 Å². The zero-order valence-corrected chi connectivity index (χ0v) is 10.4. The highest BCUT2D eigenvalue weighted by Crippen LogP contribution is 2.23. The molecule has 0 aliphatic rings. The van der Waals surface area contributed by atoms with Crippen molar-refractivity contribution in [3.63, 3.8) is 0 Å². The first-order valence-electron chi connectivity index (χ1n) is 5.42. The molecular weight excluding hydrogens is 242 g/mol. The molecule has 0 saturated heterocycles. The Morgan fingerprint density at radius 3 is 2.82 bits per heavy atom. The van der Waals surface area contributed by atoms with E-state index in [0.717, 1.165) is 0 Å². The van der Waals surface area contributed by atoms with Crippen molar-refractivity contribution in [3.05, 3.63) is 28.8 Å². The van der Waals surface area contributed by atoms with Crippen LogP contribution in [0.3, 0.4) is 0 Å². The lowest BCUT2D eigenvalue weighted by molar-refractivity contribution is 0.0945. The summed E-state index contributed by atoms with van der Waals surface area (Å²) in [5.74, 6) is -0.0647. The van der Waals surface area contributed by atoms with E-state index >= 15 is 0 Å². The van der Waals surface area contributed by atoms with Crippen LogP contribution < -0.4 is 5.32 Å². The smallest absolute Gasteiger partial charge is 0.251 e. The van der Waals surface area contributed by atoms with E-state index < -0.39 is 0 Å². The maximum absolute atomic E-state index is 11.7. The van der Waals surface area contributed by atoms with Crippen molar-refractivity contribution in [1.29, 1.82) is 0 Å². The number of phenols is 1. The average Bonchev–Trinajstić information content (AvgIpc) is 2.30. The normalized spacial score (nSPS) is 12.2. The fraction of sp³-hybridized carbons (Fsp3) is 0.417. The third-order valence-corrected chi connectivity index (χ3v) is 2.75. The highest BCUT2D eigenvalue weighted by molar-refractivity contribution is 6.32. The summed E-state index contributed by atoms with van der Waals surface area (Å²) in [5, 5.41) is 20.8. The quantitative estimate of drug-likeness (QED) is 0.753. The highest BCUT2D eigenvalue weighted by atomic mass is 35.5. The van der Waals surface area contributed by atoms with Gasteiger partial charge >= 0.3 is 0 Å². The monoisotopic (exact) mass is 257 g/mol. The number of rotatable bonds is 5. The number of amides is 1. The number of aliphatic hydroxyl groups is 1. The largest absolute Gasteiger partial charge is 0.506 e. The van der Waals surface area contributed by atoms with Crippen molar-refractivity contribution < 1.29 is 15.0 Å². The third-order valence-electron chi connectivity index (χ3n) is 2.44. The standard InChI is InChI=1S/C12H16ClNO3/c1-8(4-5-15)7-14-12(17)9-2-3-11(16)10(13)6-9/h2-3,6,8,15-16H,4-5,7H2,1H3,(H,14,17). The van der Waals surface area contributed by atoms with Gasteiger partial charge in [-0.1, -0.05) is 18.5 Å². The van der Waals surface area contributed by atoms with E-state index in [1.807, 2.05) is 6.92 Å². The molecule has 1 unspecified atom stereocenters. The summed E-state index contributed by atoms with van der Waals surface area (Å²) in [5.41, 5.74) is 0.406. The molecule has 1 amide bonds. The Labute approximate surface area is 105 Å². The van der Waals surface area contributed by atoms with Crippen LogP contribution in [0.4, 0.5) is 0 Å². The van der Waals surface area contributed by atoms with Gasteiger partial charge in [-0.3, -0.25) is 4.79 Å². The molecule has 0 heterocycles. The van der Waals surface area contributed by atoms with Gasteiger partial charge in [0.05, 0.1) is 5.02 Å². The number of phenolic OH excluding ortho intramolecular Hbond substituents is 1. The average molecular weight is 258 g/mol. The molecule has 0 fully saturated rings. The van der Waals surface area contributed by atoms with E-state index in [4.69, 9.17) is 16.7 Å². The number of hydrogen-bond donors (Lipinski definition) is 3. The molecule has 94 valence electrons. The first kappa shape index (κ1) is 13.8. The van der Waals surface area contributed by atoms with E-state index in [2.05, 4.69) is 5.32 Å². The third kappa shape index (κ3) is 4.24. The van der Waals surface area contributed by atoms with Crippen molar-refractivity contribution in [1.82, 2.24) is 5.32 Å². The van der Waals surface area contributed by atoms with Crippen LogP contribution in [0.2, 0.25) is 5.02 Å². The van der Waals surface area contributed by atoms with Gasteiger partial charge < -0.3 is 15.5 Å². The van der Waals surface area contributed by atoms with Gasteiger partial charge in [-0.05, 0) is 30.5 Å². The van der Waals surface area contributed by atoms with Gasteiger partial charge in [-0.25, -0.2) is 0 Å². The second-order valence-corrected chi connectivity index (χ2v) is 4.40. The van der Waals surface area contributed by atoms with Crippen LogP contribution in [0.15, 0.2) is 18.2 Å². The van der Waals surface area contributed by atoms with Crippen molar-refractivity contribution in [2.75, 3.05) is 13.2 Å². The number of halogens is 1. The summed E-state index contributed by atoms with van der Waals surface area (Å²) < 4.78 is 0. The Balaban J connectivity index is 2.55. The lowest BCUT2D eigenvalue weighted by Crippen LogP contribution is -2.28. The van der Waals surface area contributed by atoms with Crippen LogP contribution in [0.1, 0.15) is 23.7 Å². The van der Waals surface area contributed by atoms with E-state index in [1.54, 1.807) is 0 Å². The minimum Gasteiger partial charge on any atom is -0.506 e. The molecule has 4 nitrogen and oxygen atoms in total. The maximum Gasteiger partial charge on any atom is 0.251 e. The lowest BCUT2D eigenvalue weighted by Gasteiger charge is -2.11. The van der Waals surface area contributed by atoms with E-state index in [0.29, 0.717) is 18.5 Å². The minimum absolute atomic E-state index is 0.0446. The van der Waals surface area contributed by atoms with Gasteiger partial charge in [0.25, 0.3) is 5.91 Å². The summed E-state index contributed by atoms with van der Waals surface area (Å²) in [6, 6.07) is 4.31. The number of hydrogen-bond acceptors (Lipinski definition) is 3. The lowest BCUT2D eigenvalue weighted by atomic mass is 10.1. The van der Waals surface area contributed by atoms with Crippen molar-refractivity contribution in [3.8, 4) is 5.75 Å². The predicted octanol–water partition coefficient (Wildman–Crippen LogP) is 1.79. The fourth-order valence-electron chi connectivity index (χ4n) is 1.34. The Morgan fingerprint density at radius 2 is 2.24 bits per heavy atom. The van der Waals surface area contributed by atoms with Gasteiger partial charge in [0.2, 0.25) is 0 Å². The Hall–Kier alpha value is -1.26. The first-order chi connectivity index (χ1) is 8.04. The van der Waals surface area contributed by atoms with Crippen molar-refractivity contribution >= 4 is 17.5 Å². The molecule has 1 atom stereocenters. The second-order valence-electron chi connectivity index (χ2n) is 3.99. The molecule has 0 bridgehead atoms. The SMILES string of the molecule is CC(CCO)CNC(=O)c1ccc(O)c(Cl)c1. The summed E-state index contributed by atoms with van der Waals surface area (Å²) in [7, 11) is 0. The molecule has 0 saturated carbocycles. The molecule has 0 aliphatic carbocycles. The molecule has 0 aliphatic heterocycles. The molecule has 0 aromatic heterocycles. The molecule has 0 radical (unpaired) electrons. The summed E-state index contributed by atoms with van der Waals surface area (Å²) in [6.07, 6.45) is 0.649. The molecule has 17 heavy (non-hydrogen) atoms. The number of aliphatic hydroxyl groups excluding tert-OH is 1. The van der Waals surface area contributed by atoms with Crippen molar-refractivity contribution in [2.45, 2.75) is 13.3 Å². The fourth-order valence-corrected chi connectivity index (χ4v) is 1.52. The molecular formula is C12H16ClNO3. The molecule has 3 N–H and O–H groups in total.